The lowest BCUT2D eigenvalue weighted by Crippen LogP contribution is -2.56. The first-order valence-corrected chi connectivity index (χ1v) is 5.91. The molecular formula is C12H20N2O3. The second-order valence-corrected chi connectivity index (χ2v) is 4.41. The van der Waals surface area contributed by atoms with Gasteiger partial charge in [0.05, 0.1) is 6.04 Å². The molecule has 1 rings (SSSR count). The van der Waals surface area contributed by atoms with Gasteiger partial charge in [-0.05, 0) is 25.7 Å². The molecule has 2 atom stereocenters. The number of hydrogen-bond donors (Lipinski definition) is 2. The topological polar surface area (TPSA) is 83.6 Å². The second-order valence-electron chi connectivity index (χ2n) is 4.41. The van der Waals surface area contributed by atoms with E-state index < -0.39 is 17.6 Å². The van der Waals surface area contributed by atoms with Gasteiger partial charge < -0.3 is 15.7 Å². The summed E-state index contributed by atoms with van der Waals surface area (Å²) < 4.78 is 0. The number of nitrogens with two attached hydrogens (primary N) is 1. The van der Waals surface area contributed by atoms with E-state index in [2.05, 4.69) is 6.58 Å². The number of hydrogen-bond acceptors (Lipinski definition) is 3. The van der Waals surface area contributed by atoms with Gasteiger partial charge in [0.15, 0.2) is 0 Å². The zero-order valence-corrected chi connectivity index (χ0v) is 10.2. The highest BCUT2D eigenvalue weighted by molar-refractivity contribution is 5.90. The van der Waals surface area contributed by atoms with Gasteiger partial charge >= 0.3 is 5.97 Å². The van der Waals surface area contributed by atoms with Gasteiger partial charge in [-0.1, -0.05) is 13.0 Å². The van der Waals surface area contributed by atoms with Crippen molar-refractivity contribution < 1.29 is 14.7 Å². The van der Waals surface area contributed by atoms with Crippen molar-refractivity contribution in [2.75, 3.05) is 6.54 Å². The Kier molecular flexibility index (Phi) is 4.28. The van der Waals surface area contributed by atoms with Crippen molar-refractivity contribution in [3.8, 4) is 0 Å². The van der Waals surface area contributed by atoms with Crippen LogP contribution in [0.25, 0.3) is 0 Å². The monoisotopic (exact) mass is 240 g/mol. The molecule has 1 saturated heterocycles. The van der Waals surface area contributed by atoms with E-state index in [1.807, 2.05) is 0 Å². The van der Waals surface area contributed by atoms with Gasteiger partial charge in [0.2, 0.25) is 5.91 Å². The molecule has 5 nitrogen and oxygen atoms in total. The Balaban J connectivity index is 2.92. The number of amides is 1. The van der Waals surface area contributed by atoms with Crippen molar-refractivity contribution in [3.05, 3.63) is 12.7 Å². The lowest BCUT2D eigenvalue weighted by molar-refractivity contribution is -0.157. The predicted molar refractivity (Wildman–Crippen MR) is 64.4 cm³/mol. The van der Waals surface area contributed by atoms with Crippen LogP contribution in [0.5, 0.6) is 0 Å². The van der Waals surface area contributed by atoms with Crippen LogP contribution in [0, 0.1) is 0 Å². The predicted octanol–water partition coefficient (Wildman–Crippen LogP) is 0.746. The number of aliphatic carboxylic acids is 1. The van der Waals surface area contributed by atoms with Crippen LogP contribution in [-0.4, -0.2) is 40.0 Å². The van der Waals surface area contributed by atoms with Gasteiger partial charge in [-0.2, -0.15) is 0 Å². The van der Waals surface area contributed by atoms with Crippen molar-refractivity contribution in [1.82, 2.24) is 4.90 Å². The van der Waals surface area contributed by atoms with Crippen LogP contribution in [-0.2, 0) is 9.59 Å². The van der Waals surface area contributed by atoms with Gasteiger partial charge in [0.25, 0.3) is 0 Å². The molecule has 1 fully saturated rings. The van der Waals surface area contributed by atoms with Crippen molar-refractivity contribution >= 4 is 11.9 Å². The normalized spacial score (nSPS) is 25.6. The highest BCUT2D eigenvalue weighted by Gasteiger charge is 2.49. The lowest BCUT2D eigenvalue weighted by Gasteiger charge is -2.35. The standard InChI is InChI=1S/C12H20N2O3/c1-3-6-9(13)10(15)14-8-5-7-12(14,4-2)11(16)17/h3,9H,1,4-8,13H2,2H3,(H,16,17). The van der Waals surface area contributed by atoms with Crippen LogP contribution in [0.4, 0.5) is 0 Å². The maximum absolute atomic E-state index is 12.1. The molecule has 0 radical (unpaired) electrons. The number of rotatable bonds is 5. The van der Waals surface area contributed by atoms with Crippen LogP contribution in [0.3, 0.4) is 0 Å². The highest BCUT2D eigenvalue weighted by atomic mass is 16.4. The average molecular weight is 240 g/mol. The molecule has 1 aliphatic heterocycles. The Bertz CT molecular complexity index is 330. The number of carbonyl (C=O) groups excluding carboxylic acids is 1. The van der Waals surface area contributed by atoms with Crippen LogP contribution in [0.15, 0.2) is 12.7 Å². The zero-order valence-electron chi connectivity index (χ0n) is 10.2. The molecule has 0 aromatic heterocycles. The van der Waals surface area contributed by atoms with Crippen molar-refractivity contribution in [2.24, 2.45) is 5.73 Å². The summed E-state index contributed by atoms with van der Waals surface area (Å²) >= 11 is 0. The van der Waals surface area contributed by atoms with E-state index in [1.54, 1.807) is 13.0 Å². The van der Waals surface area contributed by atoms with Gasteiger partial charge in [-0.3, -0.25) is 4.79 Å². The summed E-state index contributed by atoms with van der Waals surface area (Å²) in [6, 6.07) is -0.684. The van der Waals surface area contributed by atoms with Gasteiger partial charge in [-0.25, -0.2) is 4.79 Å². The molecule has 1 heterocycles. The summed E-state index contributed by atoms with van der Waals surface area (Å²) in [6.07, 6.45) is 3.58. The van der Waals surface area contributed by atoms with E-state index in [0.717, 1.165) is 0 Å². The summed E-state index contributed by atoms with van der Waals surface area (Å²) in [5.41, 5.74) is 4.67. The minimum Gasteiger partial charge on any atom is -0.479 e. The highest BCUT2D eigenvalue weighted by Crippen LogP contribution is 2.33. The van der Waals surface area contributed by atoms with Gasteiger partial charge in [-0.15, -0.1) is 6.58 Å². The summed E-state index contributed by atoms with van der Waals surface area (Å²) in [4.78, 5) is 24.9. The Morgan fingerprint density at radius 1 is 1.65 bits per heavy atom. The average Bonchev–Trinajstić information content (AvgIpc) is 2.73. The van der Waals surface area contributed by atoms with E-state index in [4.69, 9.17) is 5.73 Å². The van der Waals surface area contributed by atoms with Crippen molar-refractivity contribution in [3.63, 3.8) is 0 Å². The quantitative estimate of drug-likeness (QED) is 0.694. The third-order valence-electron chi connectivity index (χ3n) is 3.48. The molecule has 1 aliphatic rings. The fraction of sp³-hybridized carbons (Fsp3) is 0.667. The largest absolute Gasteiger partial charge is 0.479 e. The van der Waals surface area contributed by atoms with Crippen molar-refractivity contribution in [1.29, 1.82) is 0 Å². The molecule has 0 spiro atoms. The molecule has 1 amide bonds. The SMILES string of the molecule is C=CCC(N)C(=O)N1CCCC1(CC)C(=O)O. The van der Waals surface area contributed by atoms with Crippen LogP contribution in [0.2, 0.25) is 0 Å². The number of carbonyl (C=O) groups is 2. The fourth-order valence-corrected chi connectivity index (χ4v) is 2.42. The third-order valence-corrected chi connectivity index (χ3v) is 3.48. The third kappa shape index (κ3) is 2.34. The fourth-order valence-electron chi connectivity index (χ4n) is 2.42. The molecular weight excluding hydrogens is 220 g/mol. The first kappa shape index (κ1) is 13.7. The summed E-state index contributed by atoms with van der Waals surface area (Å²) in [5.74, 6) is -1.22. The maximum Gasteiger partial charge on any atom is 0.329 e. The molecule has 2 unspecified atom stereocenters. The number of nitrogens with zero attached hydrogens (tertiary/aromatic N) is 1. The van der Waals surface area contributed by atoms with Crippen molar-refractivity contribution in [2.45, 2.75) is 44.2 Å². The Hall–Kier alpha value is -1.36. The molecule has 3 N–H and O–H groups in total. The summed E-state index contributed by atoms with van der Waals surface area (Å²) in [7, 11) is 0. The molecule has 0 aliphatic carbocycles. The first-order valence-electron chi connectivity index (χ1n) is 5.91. The Morgan fingerprint density at radius 3 is 2.76 bits per heavy atom. The molecule has 5 heteroatoms. The summed E-state index contributed by atoms with van der Waals surface area (Å²) in [5, 5.41) is 9.34. The number of likely N-dealkylation sites (tertiary alicyclic amines) is 1. The second kappa shape index (κ2) is 5.31. The van der Waals surface area contributed by atoms with E-state index in [-0.39, 0.29) is 5.91 Å². The lowest BCUT2D eigenvalue weighted by atomic mass is 9.92. The molecule has 0 aromatic carbocycles. The van der Waals surface area contributed by atoms with E-state index >= 15 is 0 Å². The summed E-state index contributed by atoms with van der Waals surface area (Å²) in [6.45, 7) is 5.80. The van der Waals surface area contributed by atoms with E-state index in [1.165, 1.54) is 4.90 Å². The smallest absolute Gasteiger partial charge is 0.329 e. The minimum absolute atomic E-state index is 0.286. The zero-order chi connectivity index (χ0) is 13.1. The number of carboxylic acids is 1. The molecule has 0 aromatic rings. The van der Waals surface area contributed by atoms with Gasteiger partial charge in [0.1, 0.15) is 5.54 Å². The van der Waals surface area contributed by atoms with E-state index in [9.17, 15) is 14.7 Å². The number of carboxylic acid groups (broad SMARTS) is 1. The first-order chi connectivity index (χ1) is 7.99. The van der Waals surface area contributed by atoms with E-state index in [0.29, 0.717) is 32.2 Å². The van der Waals surface area contributed by atoms with Crippen LogP contribution < -0.4 is 5.73 Å². The van der Waals surface area contributed by atoms with Crippen LogP contribution in [0.1, 0.15) is 32.6 Å². The minimum atomic E-state index is -1.06. The molecule has 0 saturated carbocycles. The molecule has 0 bridgehead atoms. The molecule has 96 valence electrons. The van der Waals surface area contributed by atoms with Crippen LogP contribution >= 0.6 is 0 Å². The molecule has 17 heavy (non-hydrogen) atoms. The Morgan fingerprint density at radius 2 is 2.29 bits per heavy atom. The Labute approximate surface area is 101 Å². The van der Waals surface area contributed by atoms with Gasteiger partial charge in [0, 0.05) is 6.54 Å². The maximum atomic E-state index is 12.1.